The van der Waals surface area contributed by atoms with Crippen LogP contribution in [0, 0.1) is 5.92 Å². The number of nitrogens with zero attached hydrogens (tertiary/aromatic N) is 2. The molecule has 1 aromatic rings. The van der Waals surface area contributed by atoms with Gasteiger partial charge in [-0.2, -0.15) is 5.10 Å². The summed E-state index contributed by atoms with van der Waals surface area (Å²) in [7, 11) is 0. The molecule has 0 bridgehead atoms. The molecule has 0 aromatic carbocycles. The highest BCUT2D eigenvalue weighted by atomic mass is 16.1. The normalized spacial score (nSPS) is 12.4. The van der Waals surface area contributed by atoms with Crippen molar-refractivity contribution in [2.24, 2.45) is 11.7 Å². The summed E-state index contributed by atoms with van der Waals surface area (Å²) >= 11 is 0. The van der Waals surface area contributed by atoms with E-state index in [1.165, 1.54) is 0 Å². The lowest BCUT2D eigenvalue weighted by Gasteiger charge is -2.12. The second kappa shape index (κ2) is 7.00. The summed E-state index contributed by atoms with van der Waals surface area (Å²) in [5.74, 6) is 0.458. The Balaban J connectivity index is 2.15. The van der Waals surface area contributed by atoms with Crippen LogP contribution < -0.4 is 11.1 Å². The molecule has 16 heavy (non-hydrogen) atoms. The SMILES string of the molecule is CC(CNC(=O)CCCN)Cn1cccn1. The van der Waals surface area contributed by atoms with E-state index in [9.17, 15) is 4.79 Å². The molecule has 1 amide bonds. The minimum atomic E-state index is 0.0813. The summed E-state index contributed by atoms with van der Waals surface area (Å²) in [5, 5.41) is 7.01. The summed E-state index contributed by atoms with van der Waals surface area (Å²) in [6.45, 7) is 4.16. The van der Waals surface area contributed by atoms with Gasteiger partial charge in [-0.05, 0) is 24.9 Å². The topological polar surface area (TPSA) is 72.9 Å². The Morgan fingerprint density at radius 3 is 3.06 bits per heavy atom. The van der Waals surface area contributed by atoms with E-state index < -0.39 is 0 Å². The Morgan fingerprint density at radius 1 is 1.62 bits per heavy atom. The Labute approximate surface area is 96.0 Å². The maximum Gasteiger partial charge on any atom is 0.220 e. The fourth-order valence-electron chi connectivity index (χ4n) is 1.43. The molecule has 1 atom stereocenters. The van der Waals surface area contributed by atoms with Gasteiger partial charge >= 0.3 is 0 Å². The number of nitrogens with one attached hydrogen (secondary N) is 1. The Kier molecular flexibility index (Phi) is 5.56. The largest absolute Gasteiger partial charge is 0.356 e. The van der Waals surface area contributed by atoms with Gasteiger partial charge in [0.15, 0.2) is 0 Å². The van der Waals surface area contributed by atoms with Crippen molar-refractivity contribution in [1.29, 1.82) is 0 Å². The first-order chi connectivity index (χ1) is 7.72. The predicted molar refractivity (Wildman–Crippen MR) is 62.7 cm³/mol. The molecule has 0 saturated carbocycles. The third-order valence-electron chi connectivity index (χ3n) is 2.31. The van der Waals surface area contributed by atoms with Crippen LogP contribution in [0.2, 0.25) is 0 Å². The summed E-state index contributed by atoms with van der Waals surface area (Å²) in [6.07, 6.45) is 4.95. The zero-order valence-corrected chi connectivity index (χ0v) is 9.72. The Morgan fingerprint density at radius 2 is 2.44 bits per heavy atom. The minimum absolute atomic E-state index is 0.0813. The van der Waals surface area contributed by atoms with Crippen molar-refractivity contribution in [3.8, 4) is 0 Å². The van der Waals surface area contributed by atoms with Crippen LogP contribution in [0.4, 0.5) is 0 Å². The highest BCUT2D eigenvalue weighted by Crippen LogP contribution is 1.98. The summed E-state index contributed by atoms with van der Waals surface area (Å²) in [5.41, 5.74) is 5.33. The van der Waals surface area contributed by atoms with E-state index in [4.69, 9.17) is 5.73 Å². The first kappa shape index (κ1) is 12.7. The van der Waals surface area contributed by atoms with Crippen LogP contribution in [0.5, 0.6) is 0 Å². The molecular formula is C11H20N4O. The second-order valence-corrected chi connectivity index (χ2v) is 4.03. The smallest absolute Gasteiger partial charge is 0.220 e. The van der Waals surface area contributed by atoms with Gasteiger partial charge in [0.2, 0.25) is 5.91 Å². The third-order valence-corrected chi connectivity index (χ3v) is 2.31. The van der Waals surface area contributed by atoms with E-state index in [1.807, 2.05) is 16.9 Å². The first-order valence-corrected chi connectivity index (χ1v) is 5.66. The maximum absolute atomic E-state index is 11.3. The average molecular weight is 224 g/mol. The monoisotopic (exact) mass is 224 g/mol. The lowest BCUT2D eigenvalue weighted by molar-refractivity contribution is -0.121. The van der Waals surface area contributed by atoms with Gasteiger partial charge in [0.25, 0.3) is 0 Å². The van der Waals surface area contributed by atoms with Crippen LogP contribution in [0.3, 0.4) is 0 Å². The molecule has 0 fully saturated rings. The Bertz CT molecular complexity index is 297. The molecular weight excluding hydrogens is 204 g/mol. The van der Waals surface area contributed by atoms with Crippen LogP contribution in [-0.4, -0.2) is 28.8 Å². The molecule has 5 nitrogen and oxygen atoms in total. The van der Waals surface area contributed by atoms with Gasteiger partial charge in [-0.15, -0.1) is 0 Å². The fraction of sp³-hybridized carbons (Fsp3) is 0.636. The number of aromatic nitrogens is 2. The van der Waals surface area contributed by atoms with Gasteiger partial charge in [-0.3, -0.25) is 9.48 Å². The fourth-order valence-corrected chi connectivity index (χ4v) is 1.43. The molecule has 0 aliphatic carbocycles. The molecule has 1 aromatic heterocycles. The van der Waals surface area contributed by atoms with Crippen LogP contribution in [0.15, 0.2) is 18.5 Å². The van der Waals surface area contributed by atoms with Gasteiger partial charge in [0.05, 0.1) is 0 Å². The van der Waals surface area contributed by atoms with E-state index >= 15 is 0 Å². The van der Waals surface area contributed by atoms with E-state index in [0.29, 0.717) is 25.4 Å². The number of hydrogen-bond donors (Lipinski definition) is 2. The Hall–Kier alpha value is -1.36. The lowest BCUT2D eigenvalue weighted by Crippen LogP contribution is -2.30. The van der Waals surface area contributed by atoms with Gasteiger partial charge in [-0.1, -0.05) is 6.92 Å². The van der Waals surface area contributed by atoms with Crippen molar-refractivity contribution in [3.05, 3.63) is 18.5 Å². The molecule has 3 N–H and O–H groups in total. The van der Waals surface area contributed by atoms with E-state index in [-0.39, 0.29) is 5.91 Å². The molecule has 1 unspecified atom stereocenters. The van der Waals surface area contributed by atoms with Gasteiger partial charge in [-0.25, -0.2) is 0 Å². The quantitative estimate of drug-likeness (QED) is 0.703. The number of amides is 1. The number of nitrogens with two attached hydrogens (primary N) is 1. The highest BCUT2D eigenvalue weighted by Gasteiger charge is 2.05. The van der Waals surface area contributed by atoms with Crippen LogP contribution in [-0.2, 0) is 11.3 Å². The van der Waals surface area contributed by atoms with Crippen molar-refractivity contribution in [2.75, 3.05) is 13.1 Å². The van der Waals surface area contributed by atoms with Gasteiger partial charge in [0, 0.05) is 31.9 Å². The van der Waals surface area contributed by atoms with Crippen LogP contribution >= 0.6 is 0 Å². The number of rotatable bonds is 7. The molecule has 0 aliphatic rings. The van der Waals surface area contributed by atoms with Gasteiger partial charge in [0.1, 0.15) is 0 Å². The van der Waals surface area contributed by atoms with E-state index in [0.717, 1.165) is 13.0 Å². The number of carbonyl (C=O) groups is 1. The standard InChI is InChI=1S/C11H20N4O/c1-10(9-15-7-3-6-14-15)8-13-11(16)4-2-5-12/h3,6-7,10H,2,4-5,8-9,12H2,1H3,(H,13,16). The average Bonchev–Trinajstić information content (AvgIpc) is 2.76. The van der Waals surface area contributed by atoms with Crippen LogP contribution in [0.1, 0.15) is 19.8 Å². The van der Waals surface area contributed by atoms with Crippen LogP contribution in [0.25, 0.3) is 0 Å². The van der Waals surface area contributed by atoms with Gasteiger partial charge < -0.3 is 11.1 Å². The van der Waals surface area contributed by atoms with Crippen molar-refractivity contribution >= 4 is 5.91 Å². The molecule has 0 saturated heterocycles. The molecule has 0 radical (unpaired) electrons. The van der Waals surface area contributed by atoms with Crippen molar-refractivity contribution in [2.45, 2.75) is 26.3 Å². The third kappa shape index (κ3) is 4.93. The summed E-state index contributed by atoms with van der Waals surface area (Å²) < 4.78 is 1.87. The van der Waals surface area contributed by atoms with Crippen molar-refractivity contribution in [1.82, 2.24) is 15.1 Å². The lowest BCUT2D eigenvalue weighted by atomic mass is 10.2. The minimum Gasteiger partial charge on any atom is -0.356 e. The molecule has 1 heterocycles. The zero-order chi connectivity index (χ0) is 11.8. The molecule has 0 spiro atoms. The second-order valence-electron chi connectivity index (χ2n) is 4.03. The van der Waals surface area contributed by atoms with Crippen molar-refractivity contribution < 1.29 is 4.79 Å². The van der Waals surface area contributed by atoms with Crippen molar-refractivity contribution in [3.63, 3.8) is 0 Å². The highest BCUT2D eigenvalue weighted by molar-refractivity contribution is 5.75. The molecule has 0 aliphatic heterocycles. The number of hydrogen-bond acceptors (Lipinski definition) is 3. The predicted octanol–water partition coefficient (Wildman–Crippen LogP) is 0.374. The summed E-state index contributed by atoms with van der Waals surface area (Å²) in [4.78, 5) is 11.3. The number of carbonyl (C=O) groups excluding carboxylic acids is 1. The molecule has 90 valence electrons. The maximum atomic E-state index is 11.3. The summed E-state index contributed by atoms with van der Waals surface area (Å²) in [6, 6.07) is 1.90. The first-order valence-electron chi connectivity index (χ1n) is 5.66. The van der Waals surface area contributed by atoms with E-state index in [1.54, 1.807) is 6.20 Å². The zero-order valence-electron chi connectivity index (χ0n) is 9.72. The molecule has 1 rings (SSSR count). The molecule has 5 heteroatoms. The van der Waals surface area contributed by atoms with E-state index in [2.05, 4.69) is 17.3 Å².